The van der Waals surface area contributed by atoms with Crippen LogP contribution in [0, 0.1) is 5.41 Å². The lowest BCUT2D eigenvalue weighted by atomic mass is 9.76. The van der Waals surface area contributed by atoms with Crippen LogP contribution in [0.15, 0.2) is 18.2 Å². The summed E-state index contributed by atoms with van der Waals surface area (Å²) in [5.41, 5.74) is 6.73. The smallest absolute Gasteiger partial charge is 0.416 e. The summed E-state index contributed by atoms with van der Waals surface area (Å²) in [6, 6.07) is 3.35. The van der Waals surface area contributed by atoms with Gasteiger partial charge in [-0.05, 0) is 53.5 Å². The standard InChI is InChI=1S/C19H20F3NO2S/c1-18(2)6-5-14-13(8-18)15(17(24)25)16(26-14)12-4-3-11(19(20,21)22)7-10(12)9-23/h3-4,7H,5-6,8-9,23H2,1-2H3,(H,24,25). The van der Waals surface area contributed by atoms with Gasteiger partial charge in [0.1, 0.15) is 0 Å². The number of benzene rings is 1. The fraction of sp³-hybridized carbons (Fsp3) is 0.421. The van der Waals surface area contributed by atoms with E-state index in [-0.39, 0.29) is 17.5 Å². The molecule has 3 N–H and O–H groups in total. The number of hydrogen-bond donors (Lipinski definition) is 2. The van der Waals surface area contributed by atoms with E-state index < -0.39 is 17.7 Å². The highest BCUT2D eigenvalue weighted by molar-refractivity contribution is 7.16. The van der Waals surface area contributed by atoms with Crippen molar-refractivity contribution in [2.75, 3.05) is 0 Å². The summed E-state index contributed by atoms with van der Waals surface area (Å²) in [5.74, 6) is -1.04. The zero-order valence-corrected chi connectivity index (χ0v) is 15.4. The number of carbonyl (C=O) groups is 1. The van der Waals surface area contributed by atoms with Crippen molar-refractivity contribution in [2.24, 2.45) is 11.1 Å². The number of aryl methyl sites for hydroxylation is 1. The Bertz CT molecular complexity index is 868. The number of alkyl halides is 3. The fourth-order valence-corrected chi connectivity index (χ4v) is 4.87. The second kappa shape index (κ2) is 6.39. The Kier molecular flexibility index (Phi) is 4.65. The van der Waals surface area contributed by atoms with Crippen molar-refractivity contribution < 1.29 is 23.1 Å². The van der Waals surface area contributed by atoms with Gasteiger partial charge in [-0.25, -0.2) is 4.79 Å². The molecule has 1 aromatic heterocycles. The lowest BCUT2D eigenvalue weighted by molar-refractivity contribution is -0.137. The quantitative estimate of drug-likeness (QED) is 0.775. The van der Waals surface area contributed by atoms with E-state index in [2.05, 4.69) is 13.8 Å². The largest absolute Gasteiger partial charge is 0.478 e. The molecule has 0 fully saturated rings. The van der Waals surface area contributed by atoms with Gasteiger partial charge in [-0.3, -0.25) is 0 Å². The van der Waals surface area contributed by atoms with Gasteiger partial charge < -0.3 is 10.8 Å². The SMILES string of the molecule is CC1(C)CCc2sc(-c3ccc(C(F)(F)F)cc3CN)c(C(=O)O)c2C1. The number of aromatic carboxylic acids is 1. The zero-order valence-electron chi connectivity index (χ0n) is 14.5. The van der Waals surface area contributed by atoms with Gasteiger partial charge in [-0.1, -0.05) is 19.9 Å². The average Bonchev–Trinajstić information content (AvgIpc) is 2.90. The summed E-state index contributed by atoms with van der Waals surface area (Å²) in [6.07, 6.45) is -2.07. The molecule has 0 atom stereocenters. The van der Waals surface area contributed by atoms with Crippen LogP contribution < -0.4 is 5.73 Å². The maximum Gasteiger partial charge on any atom is 0.416 e. The van der Waals surface area contributed by atoms with Crippen LogP contribution >= 0.6 is 11.3 Å². The second-order valence-corrected chi connectivity index (χ2v) is 8.53. The molecule has 3 nitrogen and oxygen atoms in total. The molecule has 0 saturated carbocycles. The molecule has 1 aliphatic rings. The van der Waals surface area contributed by atoms with Crippen LogP contribution in [0.4, 0.5) is 13.2 Å². The highest BCUT2D eigenvalue weighted by atomic mass is 32.1. The predicted octanol–water partition coefficient (Wildman–Crippen LogP) is 5.11. The first-order chi connectivity index (χ1) is 12.0. The van der Waals surface area contributed by atoms with E-state index in [1.807, 2.05) is 0 Å². The summed E-state index contributed by atoms with van der Waals surface area (Å²) in [5, 5.41) is 9.78. The van der Waals surface area contributed by atoms with Crippen LogP contribution in [0.3, 0.4) is 0 Å². The van der Waals surface area contributed by atoms with E-state index in [0.29, 0.717) is 22.4 Å². The molecule has 1 aromatic carbocycles. The zero-order chi connectivity index (χ0) is 19.3. The molecule has 3 rings (SSSR count). The lowest BCUT2D eigenvalue weighted by Crippen LogP contribution is -2.22. The van der Waals surface area contributed by atoms with Crippen LogP contribution in [0.2, 0.25) is 0 Å². The number of carboxylic acids is 1. The average molecular weight is 383 g/mol. The number of halogens is 3. The molecular weight excluding hydrogens is 363 g/mol. The van der Waals surface area contributed by atoms with E-state index >= 15 is 0 Å². The monoisotopic (exact) mass is 383 g/mol. The number of hydrogen-bond acceptors (Lipinski definition) is 3. The summed E-state index contributed by atoms with van der Waals surface area (Å²) in [4.78, 5) is 13.5. The number of rotatable bonds is 3. The highest BCUT2D eigenvalue weighted by Gasteiger charge is 2.34. The van der Waals surface area contributed by atoms with Gasteiger partial charge in [0.05, 0.1) is 11.1 Å². The number of fused-ring (bicyclic) bond motifs is 1. The molecule has 140 valence electrons. The molecule has 0 unspecified atom stereocenters. The summed E-state index contributed by atoms with van der Waals surface area (Å²) >= 11 is 1.37. The maximum absolute atomic E-state index is 13.0. The predicted molar refractivity (Wildman–Crippen MR) is 95.4 cm³/mol. The second-order valence-electron chi connectivity index (χ2n) is 7.43. The normalized spacial score (nSPS) is 16.4. The third-order valence-corrected chi connectivity index (χ3v) is 6.21. The van der Waals surface area contributed by atoms with Gasteiger partial charge in [-0.2, -0.15) is 13.2 Å². The minimum Gasteiger partial charge on any atom is -0.478 e. The molecule has 0 radical (unpaired) electrons. The van der Waals surface area contributed by atoms with Gasteiger partial charge in [0.15, 0.2) is 0 Å². The van der Waals surface area contributed by atoms with E-state index in [0.717, 1.165) is 35.4 Å². The maximum atomic E-state index is 13.0. The van der Waals surface area contributed by atoms with Crippen LogP contribution in [0.5, 0.6) is 0 Å². The van der Waals surface area contributed by atoms with E-state index in [4.69, 9.17) is 5.73 Å². The van der Waals surface area contributed by atoms with Gasteiger partial charge in [0.25, 0.3) is 0 Å². The highest BCUT2D eigenvalue weighted by Crippen LogP contribution is 2.46. The van der Waals surface area contributed by atoms with E-state index in [1.54, 1.807) is 0 Å². The van der Waals surface area contributed by atoms with Crippen molar-refractivity contribution in [1.29, 1.82) is 0 Å². The molecule has 0 bridgehead atoms. The van der Waals surface area contributed by atoms with Crippen molar-refractivity contribution in [3.63, 3.8) is 0 Å². The fourth-order valence-electron chi connectivity index (χ4n) is 3.50. The Hall–Kier alpha value is -1.86. The minimum atomic E-state index is -4.46. The number of thiophene rings is 1. The minimum absolute atomic E-state index is 0.00633. The first kappa shape index (κ1) is 18.9. The van der Waals surface area contributed by atoms with Crippen LogP contribution in [0.25, 0.3) is 10.4 Å². The Balaban J connectivity index is 2.19. The third-order valence-electron chi connectivity index (χ3n) is 4.89. The molecule has 1 heterocycles. The van der Waals surface area contributed by atoms with Crippen molar-refractivity contribution in [2.45, 2.75) is 45.8 Å². The Morgan fingerprint density at radius 1 is 1.35 bits per heavy atom. The van der Waals surface area contributed by atoms with Crippen LogP contribution in [0.1, 0.15) is 52.2 Å². The lowest BCUT2D eigenvalue weighted by Gasteiger charge is -2.29. The number of carboxylic acid groups (broad SMARTS) is 1. The summed E-state index contributed by atoms with van der Waals surface area (Å²) < 4.78 is 39.0. The molecule has 2 aromatic rings. The molecule has 7 heteroatoms. The van der Waals surface area contributed by atoms with Gasteiger partial charge in [0.2, 0.25) is 0 Å². The molecular formula is C19H20F3NO2S. The molecule has 26 heavy (non-hydrogen) atoms. The van der Waals surface area contributed by atoms with Gasteiger partial charge in [0, 0.05) is 16.3 Å². The summed E-state index contributed by atoms with van der Waals surface area (Å²) in [6.45, 7) is 4.11. The van der Waals surface area contributed by atoms with Crippen LogP contribution in [-0.4, -0.2) is 11.1 Å². The van der Waals surface area contributed by atoms with Crippen molar-refractivity contribution >= 4 is 17.3 Å². The van der Waals surface area contributed by atoms with E-state index in [9.17, 15) is 23.1 Å². The molecule has 0 aliphatic heterocycles. The van der Waals surface area contributed by atoms with Crippen molar-refractivity contribution in [3.05, 3.63) is 45.3 Å². The van der Waals surface area contributed by atoms with Crippen molar-refractivity contribution in [3.8, 4) is 10.4 Å². The Morgan fingerprint density at radius 2 is 2.04 bits per heavy atom. The molecule has 0 saturated heterocycles. The third kappa shape index (κ3) is 3.38. The molecule has 1 aliphatic carbocycles. The van der Waals surface area contributed by atoms with Crippen LogP contribution in [-0.2, 0) is 25.6 Å². The van der Waals surface area contributed by atoms with Gasteiger partial charge >= 0.3 is 12.1 Å². The van der Waals surface area contributed by atoms with E-state index in [1.165, 1.54) is 17.4 Å². The molecule has 0 spiro atoms. The van der Waals surface area contributed by atoms with Gasteiger partial charge in [-0.15, -0.1) is 11.3 Å². The molecule has 0 amide bonds. The topological polar surface area (TPSA) is 63.3 Å². The van der Waals surface area contributed by atoms with Crippen molar-refractivity contribution in [1.82, 2.24) is 0 Å². The Labute approximate surface area is 153 Å². The first-order valence-corrected chi connectivity index (χ1v) is 9.13. The number of nitrogens with two attached hydrogens (primary N) is 1. The Morgan fingerprint density at radius 3 is 2.62 bits per heavy atom. The summed E-state index contributed by atoms with van der Waals surface area (Å²) in [7, 11) is 0. The first-order valence-electron chi connectivity index (χ1n) is 8.32.